The summed E-state index contributed by atoms with van der Waals surface area (Å²) >= 11 is 1.86. The molecule has 0 radical (unpaired) electrons. The minimum absolute atomic E-state index is 0.0703. The first kappa shape index (κ1) is 29.7. The van der Waals surface area contributed by atoms with E-state index in [1.165, 1.54) is 21.6 Å². The van der Waals surface area contributed by atoms with Gasteiger partial charge in [0.1, 0.15) is 17.7 Å². The minimum Gasteiger partial charge on any atom is -0.465 e. The summed E-state index contributed by atoms with van der Waals surface area (Å²) in [5.74, 6) is 1.80. The third-order valence-electron chi connectivity index (χ3n) is 9.09. The van der Waals surface area contributed by atoms with E-state index in [2.05, 4.69) is 77.3 Å². The SMILES string of the molecule is CCOC(=O)C1CC2(CCN(Cc3sccc3C)CC2)CN1Cc1ccc(CN(Cc2ncc[nH]2)Cc2ncc[nH]2)cc1. The lowest BCUT2D eigenvalue weighted by Crippen LogP contribution is -2.41. The van der Waals surface area contributed by atoms with Crippen LogP contribution in [0.2, 0.25) is 0 Å². The van der Waals surface area contributed by atoms with Crippen molar-refractivity contribution in [2.45, 2.75) is 71.9 Å². The van der Waals surface area contributed by atoms with Gasteiger partial charge in [0.25, 0.3) is 0 Å². The molecule has 2 fully saturated rings. The molecule has 3 aromatic heterocycles. The monoisotopic (exact) mass is 601 g/mol. The summed E-state index contributed by atoms with van der Waals surface area (Å²) in [5, 5.41) is 2.19. The first-order valence-corrected chi connectivity index (χ1v) is 16.3. The lowest BCUT2D eigenvalue weighted by Gasteiger charge is -2.39. The van der Waals surface area contributed by atoms with Gasteiger partial charge in [0.2, 0.25) is 0 Å². The Bertz CT molecular complexity index is 1390. The first-order valence-electron chi connectivity index (χ1n) is 15.4. The van der Waals surface area contributed by atoms with Crippen LogP contribution in [0.15, 0.2) is 60.5 Å². The van der Waals surface area contributed by atoms with Crippen LogP contribution in [0.5, 0.6) is 0 Å². The second-order valence-electron chi connectivity index (χ2n) is 12.2. The number of carbonyl (C=O) groups is 1. The van der Waals surface area contributed by atoms with Gasteiger partial charge >= 0.3 is 5.97 Å². The van der Waals surface area contributed by atoms with Gasteiger partial charge in [-0.05, 0) is 79.8 Å². The molecule has 2 aliphatic rings. The quantitative estimate of drug-likeness (QED) is 0.218. The van der Waals surface area contributed by atoms with E-state index < -0.39 is 0 Å². The van der Waals surface area contributed by atoms with E-state index in [4.69, 9.17) is 4.74 Å². The molecule has 10 heteroatoms. The number of esters is 1. The van der Waals surface area contributed by atoms with Gasteiger partial charge in [-0.1, -0.05) is 24.3 Å². The summed E-state index contributed by atoms with van der Waals surface area (Å²) in [4.78, 5) is 37.2. The van der Waals surface area contributed by atoms with E-state index in [-0.39, 0.29) is 17.4 Å². The van der Waals surface area contributed by atoms with Crippen LogP contribution in [0, 0.1) is 12.3 Å². The number of H-pyrrole nitrogens is 2. The number of benzene rings is 1. The average Bonchev–Trinajstić information content (AvgIpc) is 3.82. The number of likely N-dealkylation sites (tertiary alicyclic amines) is 2. The Labute approximate surface area is 258 Å². The summed E-state index contributed by atoms with van der Waals surface area (Å²) in [6.07, 6.45) is 10.4. The molecule has 9 nitrogen and oxygen atoms in total. The van der Waals surface area contributed by atoms with Crippen LogP contribution in [0.4, 0.5) is 0 Å². The molecule has 1 spiro atoms. The van der Waals surface area contributed by atoms with Crippen LogP contribution >= 0.6 is 11.3 Å². The molecule has 0 amide bonds. The number of piperidine rings is 1. The maximum absolute atomic E-state index is 13.1. The average molecular weight is 602 g/mol. The maximum Gasteiger partial charge on any atom is 0.323 e. The van der Waals surface area contributed by atoms with Gasteiger partial charge in [0.05, 0.1) is 19.7 Å². The number of rotatable bonds is 12. The molecule has 1 aromatic carbocycles. The van der Waals surface area contributed by atoms with Crippen molar-refractivity contribution in [1.82, 2.24) is 34.6 Å². The van der Waals surface area contributed by atoms with Crippen molar-refractivity contribution in [3.8, 4) is 0 Å². The third kappa shape index (κ3) is 7.44. The van der Waals surface area contributed by atoms with Crippen LogP contribution in [-0.4, -0.2) is 72.9 Å². The highest BCUT2D eigenvalue weighted by Gasteiger charge is 2.48. The fraction of sp³-hybridized carbons (Fsp3) is 0.485. The van der Waals surface area contributed by atoms with E-state index >= 15 is 0 Å². The Hall–Kier alpha value is -3.31. The molecule has 2 aliphatic heterocycles. The molecule has 0 aliphatic carbocycles. The number of hydrogen-bond donors (Lipinski definition) is 2. The topological polar surface area (TPSA) is 93.4 Å². The van der Waals surface area contributed by atoms with Gasteiger partial charge in [-0.15, -0.1) is 11.3 Å². The molecule has 1 unspecified atom stereocenters. The molecule has 6 rings (SSSR count). The van der Waals surface area contributed by atoms with Crippen LogP contribution in [-0.2, 0) is 42.3 Å². The number of hydrogen-bond acceptors (Lipinski definition) is 8. The van der Waals surface area contributed by atoms with Crippen molar-refractivity contribution >= 4 is 17.3 Å². The van der Waals surface area contributed by atoms with Gasteiger partial charge in [-0.3, -0.25) is 19.5 Å². The minimum atomic E-state index is -0.178. The zero-order valence-electron chi connectivity index (χ0n) is 25.3. The smallest absolute Gasteiger partial charge is 0.323 e. The molecule has 228 valence electrons. The maximum atomic E-state index is 13.1. The number of carbonyl (C=O) groups excluding carboxylic acids is 1. The fourth-order valence-electron chi connectivity index (χ4n) is 6.70. The fourth-order valence-corrected chi connectivity index (χ4v) is 7.65. The number of imidazole rings is 2. The van der Waals surface area contributed by atoms with E-state index in [9.17, 15) is 4.79 Å². The van der Waals surface area contributed by atoms with Crippen molar-refractivity contribution in [2.24, 2.45) is 5.41 Å². The lowest BCUT2D eigenvalue weighted by atomic mass is 9.76. The molecule has 43 heavy (non-hydrogen) atoms. The highest BCUT2D eigenvalue weighted by molar-refractivity contribution is 7.10. The van der Waals surface area contributed by atoms with Crippen LogP contribution < -0.4 is 0 Å². The molecular weight excluding hydrogens is 558 g/mol. The van der Waals surface area contributed by atoms with E-state index in [1.807, 2.05) is 30.7 Å². The predicted octanol–water partition coefficient (Wildman–Crippen LogP) is 5.12. The summed E-state index contributed by atoms with van der Waals surface area (Å²) in [6.45, 7) is 11.6. The first-order chi connectivity index (χ1) is 21.0. The highest BCUT2D eigenvalue weighted by atomic mass is 32.1. The molecule has 2 saturated heterocycles. The van der Waals surface area contributed by atoms with Gasteiger partial charge in [0, 0.05) is 55.8 Å². The highest BCUT2D eigenvalue weighted by Crippen LogP contribution is 2.44. The molecule has 4 aromatic rings. The molecule has 2 N–H and O–H groups in total. The zero-order chi connectivity index (χ0) is 29.6. The van der Waals surface area contributed by atoms with Gasteiger partial charge in [-0.2, -0.15) is 0 Å². The van der Waals surface area contributed by atoms with Crippen LogP contribution in [0.1, 0.15) is 59.4 Å². The summed E-state index contributed by atoms with van der Waals surface area (Å²) < 4.78 is 5.57. The molecular formula is C33H43N7O2S. The van der Waals surface area contributed by atoms with Gasteiger partial charge < -0.3 is 14.7 Å². The molecule has 1 atom stereocenters. The largest absolute Gasteiger partial charge is 0.465 e. The van der Waals surface area contributed by atoms with Crippen molar-refractivity contribution in [1.29, 1.82) is 0 Å². The van der Waals surface area contributed by atoms with Crippen molar-refractivity contribution in [2.75, 3.05) is 26.2 Å². The van der Waals surface area contributed by atoms with Crippen LogP contribution in [0.25, 0.3) is 0 Å². The lowest BCUT2D eigenvalue weighted by molar-refractivity contribution is -0.148. The van der Waals surface area contributed by atoms with Crippen molar-refractivity contribution < 1.29 is 9.53 Å². The Morgan fingerprint density at radius 2 is 1.67 bits per heavy atom. The number of ether oxygens (including phenoxy) is 1. The van der Waals surface area contributed by atoms with Crippen molar-refractivity contribution in [3.63, 3.8) is 0 Å². The summed E-state index contributed by atoms with van der Waals surface area (Å²) in [5.41, 5.74) is 4.03. The second-order valence-corrected chi connectivity index (χ2v) is 13.2. The molecule has 5 heterocycles. The number of nitrogens with zero attached hydrogens (tertiary/aromatic N) is 5. The normalized spacial score (nSPS) is 19.0. The van der Waals surface area contributed by atoms with E-state index in [0.717, 1.165) is 70.2 Å². The van der Waals surface area contributed by atoms with E-state index in [1.54, 1.807) is 12.4 Å². The third-order valence-corrected chi connectivity index (χ3v) is 10.1. The standard InChI is InChI=1S/C33H43N7O2S/c1-3-42-32(41)28-18-33(9-15-38(16-10-33)21-29-25(2)8-17-43-29)24-40(28)20-27-6-4-26(5-7-27)19-39(22-30-34-11-12-35-30)23-31-36-13-14-37-31/h4-8,11-14,17,28H,3,9-10,15-16,18-24H2,1-2H3,(H,34,35)(H,36,37). The summed E-state index contributed by atoms with van der Waals surface area (Å²) in [6, 6.07) is 10.9. The molecule has 0 bridgehead atoms. The van der Waals surface area contributed by atoms with Crippen molar-refractivity contribution in [3.05, 3.63) is 93.7 Å². The van der Waals surface area contributed by atoms with Crippen LogP contribution in [0.3, 0.4) is 0 Å². The Morgan fingerprint density at radius 1 is 1.00 bits per heavy atom. The number of thiophene rings is 1. The number of aryl methyl sites for hydroxylation is 1. The molecule has 0 saturated carbocycles. The number of nitrogens with one attached hydrogen (secondary N) is 2. The number of aromatic nitrogens is 4. The second kappa shape index (κ2) is 13.5. The predicted molar refractivity (Wildman–Crippen MR) is 168 cm³/mol. The Balaban J connectivity index is 1.09. The van der Waals surface area contributed by atoms with E-state index in [0.29, 0.717) is 19.7 Å². The Morgan fingerprint density at radius 3 is 2.26 bits per heavy atom. The number of aromatic amines is 2. The summed E-state index contributed by atoms with van der Waals surface area (Å²) in [7, 11) is 0. The van der Waals surface area contributed by atoms with Gasteiger partial charge in [-0.25, -0.2) is 9.97 Å². The Kier molecular flexibility index (Phi) is 9.37. The van der Waals surface area contributed by atoms with Gasteiger partial charge in [0.15, 0.2) is 0 Å². The zero-order valence-corrected chi connectivity index (χ0v) is 26.1.